The molecule has 0 radical (unpaired) electrons. The lowest BCUT2D eigenvalue weighted by atomic mass is 10.1. The van der Waals surface area contributed by atoms with Crippen molar-refractivity contribution in [2.75, 3.05) is 32.2 Å². The van der Waals surface area contributed by atoms with Crippen LogP contribution >= 0.6 is 0 Å². The number of carbonyl (C=O) groups is 1. The van der Waals surface area contributed by atoms with Gasteiger partial charge in [0.2, 0.25) is 5.91 Å². The Hall–Kier alpha value is -3.02. The van der Waals surface area contributed by atoms with E-state index in [9.17, 15) is 4.79 Å². The Morgan fingerprint density at radius 3 is 2.24 bits per heavy atom. The second kappa shape index (κ2) is 11.7. The average Bonchev–Trinajstić information content (AvgIpc) is 2.74. The molecule has 2 aromatic rings. The van der Waals surface area contributed by atoms with Gasteiger partial charge in [-0.1, -0.05) is 32.0 Å². The number of hydrazone groups is 1. The lowest BCUT2D eigenvalue weighted by molar-refractivity contribution is -0.120. The highest BCUT2D eigenvalue weighted by molar-refractivity contribution is 5.83. The van der Waals surface area contributed by atoms with Gasteiger partial charge >= 0.3 is 0 Å². The van der Waals surface area contributed by atoms with Crippen LogP contribution < -0.4 is 19.8 Å². The van der Waals surface area contributed by atoms with E-state index >= 15 is 0 Å². The molecular formula is C23H31N3O3. The first-order valence-electron chi connectivity index (χ1n) is 9.99. The van der Waals surface area contributed by atoms with Crippen LogP contribution in [0.5, 0.6) is 11.5 Å². The summed E-state index contributed by atoms with van der Waals surface area (Å²) in [7, 11) is 3.15. The Kier molecular flexibility index (Phi) is 9.02. The molecule has 0 aliphatic rings. The zero-order valence-electron chi connectivity index (χ0n) is 17.8. The summed E-state index contributed by atoms with van der Waals surface area (Å²) in [5.41, 5.74) is 5.55. The van der Waals surface area contributed by atoms with Gasteiger partial charge in [-0.2, -0.15) is 5.10 Å². The van der Waals surface area contributed by atoms with Gasteiger partial charge in [-0.05, 0) is 48.2 Å². The summed E-state index contributed by atoms with van der Waals surface area (Å²) < 4.78 is 10.5. The van der Waals surface area contributed by atoms with E-state index in [1.54, 1.807) is 32.6 Å². The molecule has 2 aromatic carbocycles. The molecule has 0 saturated heterocycles. The molecule has 0 aliphatic carbocycles. The molecule has 0 aromatic heterocycles. The van der Waals surface area contributed by atoms with E-state index in [4.69, 9.17) is 9.47 Å². The Morgan fingerprint density at radius 1 is 1.00 bits per heavy atom. The van der Waals surface area contributed by atoms with Crippen molar-refractivity contribution in [2.45, 2.75) is 33.1 Å². The Balaban J connectivity index is 1.91. The minimum absolute atomic E-state index is 0.192. The molecule has 156 valence electrons. The van der Waals surface area contributed by atoms with Crippen LogP contribution in [0.25, 0.3) is 0 Å². The number of hydrogen-bond acceptors (Lipinski definition) is 5. The molecule has 0 unspecified atom stereocenters. The Bertz CT molecular complexity index is 798. The zero-order valence-corrected chi connectivity index (χ0v) is 17.8. The molecule has 6 heteroatoms. The molecule has 0 bridgehead atoms. The molecule has 0 aliphatic heterocycles. The summed E-state index contributed by atoms with van der Waals surface area (Å²) in [6, 6.07) is 13.6. The molecule has 1 N–H and O–H groups in total. The molecule has 29 heavy (non-hydrogen) atoms. The number of hydrogen-bond donors (Lipinski definition) is 1. The van der Waals surface area contributed by atoms with Crippen LogP contribution in [0, 0.1) is 0 Å². The number of ether oxygens (including phenoxy) is 2. The predicted molar refractivity (Wildman–Crippen MR) is 118 cm³/mol. The van der Waals surface area contributed by atoms with Gasteiger partial charge in [-0.25, -0.2) is 5.43 Å². The van der Waals surface area contributed by atoms with E-state index in [1.807, 2.05) is 18.2 Å². The van der Waals surface area contributed by atoms with Gasteiger partial charge in [0.1, 0.15) is 0 Å². The smallest absolute Gasteiger partial charge is 0.244 e. The first-order chi connectivity index (χ1) is 14.1. The van der Waals surface area contributed by atoms with E-state index < -0.39 is 0 Å². The van der Waals surface area contributed by atoms with Crippen molar-refractivity contribution >= 4 is 17.8 Å². The standard InChI is InChI=1S/C23H31N3O3/c1-5-13-26(14-6-2)20-10-7-18(8-11-20)17-24-25-23(27)16-19-9-12-21(28-3)22(15-19)29-4/h7-12,15,17H,5-6,13-14,16H2,1-4H3,(H,25,27). The maximum atomic E-state index is 12.1. The molecule has 0 heterocycles. The van der Waals surface area contributed by atoms with E-state index in [-0.39, 0.29) is 12.3 Å². The molecule has 0 spiro atoms. The number of anilines is 1. The number of nitrogens with one attached hydrogen (secondary N) is 1. The van der Waals surface area contributed by atoms with Crippen molar-refractivity contribution in [3.63, 3.8) is 0 Å². The van der Waals surface area contributed by atoms with Crippen molar-refractivity contribution in [2.24, 2.45) is 5.10 Å². The largest absolute Gasteiger partial charge is 0.493 e. The third-order valence-electron chi connectivity index (χ3n) is 4.46. The van der Waals surface area contributed by atoms with Gasteiger partial charge in [0.15, 0.2) is 11.5 Å². The summed E-state index contributed by atoms with van der Waals surface area (Å²) >= 11 is 0. The maximum absolute atomic E-state index is 12.1. The third kappa shape index (κ3) is 6.82. The van der Waals surface area contributed by atoms with Gasteiger partial charge in [0.05, 0.1) is 26.9 Å². The van der Waals surface area contributed by atoms with E-state index in [1.165, 1.54) is 5.69 Å². The van der Waals surface area contributed by atoms with Crippen molar-refractivity contribution in [1.82, 2.24) is 5.43 Å². The number of amides is 1. The second-order valence-corrected chi connectivity index (χ2v) is 6.74. The second-order valence-electron chi connectivity index (χ2n) is 6.74. The zero-order chi connectivity index (χ0) is 21.1. The van der Waals surface area contributed by atoms with Crippen LogP contribution in [0.2, 0.25) is 0 Å². The Labute approximate surface area is 173 Å². The molecule has 0 saturated carbocycles. The SMILES string of the molecule is CCCN(CCC)c1ccc(C=NNC(=O)Cc2ccc(OC)c(OC)c2)cc1. The first kappa shape index (κ1) is 22.3. The monoisotopic (exact) mass is 397 g/mol. The van der Waals surface area contributed by atoms with Crippen molar-refractivity contribution in [3.8, 4) is 11.5 Å². The summed E-state index contributed by atoms with van der Waals surface area (Å²) in [5.74, 6) is 1.04. The van der Waals surface area contributed by atoms with Crippen molar-refractivity contribution < 1.29 is 14.3 Å². The van der Waals surface area contributed by atoms with Gasteiger partial charge in [0.25, 0.3) is 0 Å². The Morgan fingerprint density at radius 2 is 1.66 bits per heavy atom. The van der Waals surface area contributed by atoms with Crippen LogP contribution in [-0.4, -0.2) is 39.4 Å². The number of methoxy groups -OCH3 is 2. The highest BCUT2D eigenvalue weighted by Crippen LogP contribution is 2.27. The quantitative estimate of drug-likeness (QED) is 0.459. The molecule has 1 amide bonds. The number of nitrogens with zero attached hydrogens (tertiary/aromatic N) is 2. The number of benzene rings is 2. The van der Waals surface area contributed by atoms with E-state index in [2.05, 4.69) is 41.4 Å². The summed E-state index contributed by atoms with van der Waals surface area (Å²) in [5, 5.41) is 4.07. The fourth-order valence-corrected chi connectivity index (χ4v) is 3.08. The maximum Gasteiger partial charge on any atom is 0.244 e. The summed E-state index contributed by atoms with van der Waals surface area (Å²) in [4.78, 5) is 14.5. The van der Waals surface area contributed by atoms with Gasteiger partial charge < -0.3 is 14.4 Å². The highest BCUT2D eigenvalue weighted by atomic mass is 16.5. The molecule has 0 atom stereocenters. The average molecular weight is 398 g/mol. The van der Waals surface area contributed by atoms with Crippen LogP contribution in [0.1, 0.15) is 37.8 Å². The van der Waals surface area contributed by atoms with Crippen molar-refractivity contribution in [3.05, 3.63) is 53.6 Å². The molecule has 2 rings (SSSR count). The van der Waals surface area contributed by atoms with E-state index in [0.29, 0.717) is 11.5 Å². The fraction of sp³-hybridized carbons (Fsp3) is 0.391. The molecular weight excluding hydrogens is 366 g/mol. The topological polar surface area (TPSA) is 63.2 Å². The minimum atomic E-state index is -0.192. The normalized spacial score (nSPS) is 10.8. The van der Waals surface area contributed by atoms with E-state index in [0.717, 1.165) is 37.1 Å². The lowest BCUT2D eigenvalue weighted by Crippen LogP contribution is -2.24. The molecule has 6 nitrogen and oxygen atoms in total. The van der Waals surface area contributed by atoms with Crippen LogP contribution in [0.3, 0.4) is 0 Å². The first-order valence-corrected chi connectivity index (χ1v) is 9.99. The van der Waals surface area contributed by atoms with Crippen LogP contribution in [0.15, 0.2) is 47.6 Å². The predicted octanol–water partition coefficient (Wildman–Crippen LogP) is 4.02. The van der Waals surface area contributed by atoms with Gasteiger partial charge in [-0.3, -0.25) is 4.79 Å². The highest BCUT2D eigenvalue weighted by Gasteiger charge is 2.08. The summed E-state index contributed by atoms with van der Waals surface area (Å²) in [6.45, 7) is 6.48. The molecule has 0 fully saturated rings. The number of carbonyl (C=O) groups excluding carboxylic acids is 1. The number of rotatable bonds is 11. The van der Waals surface area contributed by atoms with Crippen LogP contribution in [-0.2, 0) is 11.2 Å². The van der Waals surface area contributed by atoms with Gasteiger partial charge in [0, 0.05) is 18.8 Å². The van der Waals surface area contributed by atoms with Gasteiger partial charge in [-0.15, -0.1) is 0 Å². The third-order valence-corrected chi connectivity index (χ3v) is 4.46. The van der Waals surface area contributed by atoms with Crippen LogP contribution in [0.4, 0.5) is 5.69 Å². The minimum Gasteiger partial charge on any atom is -0.493 e. The summed E-state index contributed by atoms with van der Waals surface area (Å²) in [6.07, 6.45) is 4.10. The lowest BCUT2D eigenvalue weighted by Gasteiger charge is -2.23. The fourth-order valence-electron chi connectivity index (χ4n) is 3.08. The van der Waals surface area contributed by atoms with Crippen molar-refractivity contribution in [1.29, 1.82) is 0 Å².